The fourth-order valence-electron chi connectivity index (χ4n) is 5.27. The molecule has 0 bridgehead atoms. The summed E-state index contributed by atoms with van der Waals surface area (Å²) < 4.78 is 18.9. The van der Waals surface area contributed by atoms with E-state index in [0.29, 0.717) is 66.0 Å². The second-order valence-corrected chi connectivity index (χ2v) is 10.4. The summed E-state index contributed by atoms with van der Waals surface area (Å²) >= 11 is 6.32. The summed E-state index contributed by atoms with van der Waals surface area (Å²) in [6.45, 7) is 9.05. The Hall–Kier alpha value is -3.15. The topological polar surface area (TPSA) is 97.3 Å². The van der Waals surface area contributed by atoms with Gasteiger partial charge in [0.15, 0.2) is 11.5 Å². The van der Waals surface area contributed by atoms with Gasteiger partial charge in [-0.1, -0.05) is 11.6 Å². The van der Waals surface area contributed by atoms with Crippen LogP contribution in [-0.4, -0.2) is 99.1 Å². The van der Waals surface area contributed by atoms with Crippen LogP contribution < -0.4 is 20.8 Å². The van der Waals surface area contributed by atoms with Crippen molar-refractivity contribution >= 4 is 34.1 Å². The van der Waals surface area contributed by atoms with Gasteiger partial charge in [-0.3, -0.25) is 19.4 Å². The molecule has 2 saturated heterocycles. The van der Waals surface area contributed by atoms with Crippen molar-refractivity contribution in [2.45, 2.75) is 0 Å². The number of fused-ring (bicyclic) bond motifs is 2. The van der Waals surface area contributed by atoms with Crippen molar-refractivity contribution in [1.29, 1.82) is 0 Å². The number of hydrogen-bond donors (Lipinski definition) is 2. The zero-order valence-electron chi connectivity index (χ0n) is 21.7. The van der Waals surface area contributed by atoms with Gasteiger partial charge in [0, 0.05) is 75.3 Å². The Morgan fingerprint density at radius 1 is 0.897 bits per heavy atom. The van der Waals surface area contributed by atoms with Gasteiger partial charge >= 0.3 is 0 Å². The van der Waals surface area contributed by atoms with E-state index in [0.717, 1.165) is 51.6 Å². The van der Waals surface area contributed by atoms with E-state index in [4.69, 9.17) is 25.8 Å². The number of anilines is 1. The normalized spacial score (nSPS) is 17.5. The number of benzene rings is 2. The largest absolute Gasteiger partial charge is 0.453 e. The van der Waals surface area contributed by atoms with E-state index in [9.17, 15) is 9.59 Å². The van der Waals surface area contributed by atoms with E-state index in [-0.39, 0.29) is 11.0 Å². The summed E-state index contributed by atoms with van der Waals surface area (Å²) in [4.78, 5) is 31.5. The summed E-state index contributed by atoms with van der Waals surface area (Å²) in [5.41, 5.74) is 1.79. The van der Waals surface area contributed by atoms with E-state index >= 15 is 0 Å². The molecular weight excluding hydrogens is 522 g/mol. The average Bonchev–Trinajstić information content (AvgIpc) is 2.95. The summed E-state index contributed by atoms with van der Waals surface area (Å²) in [6.07, 6.45) is 1.60. The summed E-state index contributed by atoms with van der Waals surface area (Å²) in [5.74, 6) is 0.745. The standard InChI is InChI=1S/C28H32ClN5O5/c29-19-1-2-24-23(15-19)34-18-22(28(36)31-4-6-33-9-13-38-14-10-33)27(35)21-16-20(17-25(39-24)26(21)34)30-3-5-32-7-11-37-12-8-32/h1-2,15-18,30H,3-14H2,(H,31,36). The van der Waals surface area contributed by atoms with E-state index < -0.39 is 5.91 Å². The molecule has 0 atom stereocenters. The van der Waals surface area contributed by atoms with E-state index in [1.807, 2.05) is 10.6 Å². The number of pyridine rings is 1. The fourth-order valence-corrected chi connectivity index (χ4v) is 5.44. The molecule has 11 heteroatoms. The van der Waals surface area contributed by atoms with Crippen LogP contribution >= 0.6 is 11.6 Å². The molecular formula is C28H32ClN5O5. The maximum Gasteiger partial charge on any atom is 0.256 e. The molecule has 0 radical (unpaired) electrons. The maximum absolute atomic E-state index is 13.7. The molecule has 4 heterocycles. The van der Waals surface area contributed by atoms with Crippen molar-refractivity contribution in [2.24, 2.45) is 0 Å². The summed E-state index contributed by atoms with van der Waals surface area (Å²) in [7, 11) is 0. The zero-order valence-corrected chi connectivity index (χ0v) is 22.5. The molecule has 1 amide bonds. The highest BCUT2D eigenvalue weighted by molar-refractivity contribution is 6.30. The molecule has 1 aromatic heterocycles. The smallest absolute Gasteiger partial charge is 0.256 e. The molecule has 10 nitrogen and oxygen atoms in total. The molecule has 2 fully saturated rings. The lowest BCUT2D eigenvalue weighted by molar-refractivity contribution is 0.0383. The number of hydrogen-bond acceptors (Lipinski definition) is 8. The van der Waals surface area contributed by atoms with Crippen LogP contribution in [0, 0.1) is 0 Å². The number of ether oxygens (including phenoxy) is 3. The molecule has 0 saturated carbocycles. The predicted octanol–water partition coefficient (Wildman–Crippen LogP) is 2.56. The molecule has 3 aliphatic heterocycles. The second-order valence-electron chi connectivity index (χ2n) is 9.92. The van der Waals surface area contributed by atoms with Crippen LogP contribution in [0.4, 0.5) is 5.69 Å². The number of carbonyl (C=O) groups excluding carboxylic acids is 1. The Morgan fingerprint density at radius 3 is 2.31 bits per heavy atom. The van der Waals surface area contributed by atoms with E-state index in [2.05, 4.69) is 20.4 Å². The van der Waals surface area contributed by atoms with Gasteiger partial charge in [0.1, 0.15) is 11.1 Å². The molecule has 3 aliphatic rings. The molecule has 3 aromatic rings. The van der Waals surface area contributed by atoms with E-state index in [1.54, 1.807) is 30.5 Å². The molecule has 2 aromatic carbocycles. The maximum atomic E-state index is 13.7. The van der Waals surface area contributed by atoms with Gasteiger partial charge in [-0.15, -0.1) is 0 Å². The van der Waals surface area contributed by atoms with Gasteiger partial charge in [0.25, 0.3) is 5.91 Å². The number of rotatable bonds is 8. The van der Waals surface area contributed by atoms with Crippen LogP contribution in [0.1, 0.15) is 10.4 Å². The molecule has 206 valence electrons. The first-order chi connectivity index (χ1) is 19.1. The Labute approximate surface area is 231 Å². The molecule has 2 N–H and O–H groups in total. The van der Waals surface area contributed by atoms with Gasteiger partial charge in [-0.25, -0.2) is 0 Å². The Morgan fingerprint density at radius 2 is 1.59 bits per heavy atom. The summed E-state index contributed by atoms with van der Waals surface area (Å²) in [6, 6.07) is 9.04. The highest BCUT2D eigenvalue weighted by Gasteiger charge is 2.25. The molecule has 0 spiro atoms. The Kier molecular flexibility index (Phi) is 7.71. The Balaban J connectivity index is 1.31. The lowest BCUT2D eigenvalue weighted by Crippen LogP contribution is -2.42. The average molecular weight is 554 g/mol. The number of nitrogens with zero attached hydrogens (tertiary/aromatic N) is 3. The quantitative estimate of drug-likeness (QED) is 0.344. The zero-order chi connectivity index (χ0) is 26.8. The fraction of sp³-hybridized carbons (Fsp3) is 0.429. The first kappa shape index (κ1) is 26.1. The van der Waals surface area contributed by atoms with Gasteiger partial charge in [0.05, 0.1) is 37.5 Å². The number of amides is 1. The van der Waals surface area contributed by atoms with Crippen LogP contribution in [0.25, 0.3) is 16.6 Å². The minimum atomic E-state index is -0.402. The van der Waals surface area contributed by atoms with Gasteiger partial charge in [-0.2, -0.15) is 0 Å². The van der Waals surface area contributed by atoms with Crippen molar-refractivity contribution < 1.29 is 19.0 Å². The molecule has 6 rings (SSSR count). The predicted molar refractivity (Wildman–Crippen MR) is 150 cm³/mol. The van der Waals surface area contributed by atoms with Crippen molar-refractivity contribution in [1.82, 2.24) is 19.7 Å². The number of carbonyl (C=O) groups is 1. The van der Waals surface area contributed by atoms with Crippen molar-refractivity contribution in [2.75, 3.05) is 84.1 Å². The second kappa shape index (κ2) is 11.5. The van der Waals surface area contributed by atoms with Crippen molar-refractivity contribution in [3.8, 4) is 17.2 Å². The summed E-state index contributed by atoms with van der Waals surface area (Å²) in [5, 5.41) is 7.31. The third-order valence-electron chi connectivity index (χ3n) is 7.39. The highest BCUT2D eigenvalue weighted by atomic mass is 35.5. The van der Waals surface area contributed by atoms with Crippen molar-refractivity contribution in [3.63, 3.8) is 0 Å². The minimum absolute atomic E-state index is 0.0775. The lowest BCUT2D eigenvalue weighted by atomic mass is 10.1. The van der Waals surface area contributed by atoms with Crippen LogP contribution in [0.5, 0.6) is 11.5 Å². The highest BCUT2D eigenvalue weighted by Crippen LogP contribution is 2.42. The van der Waals surface area contributed by atoms with Crippen LogP contribution in [0.3, 0.4) is 0 Å². The third-order valence-corrected chi connectivity index (χ3v) is 7.62. The molecule has 39 heavy (non-hydrogen) atoms. The first-order valence-electron chi connectivity index (χ1n) is 13.4. The van der Waals surface area contributed by atoms with E-state index in [1.165, 1.54) is 0 Å². The third kappa shape index (κ3) is 5.61. The van der Waals surface area contributed by atoms with Gasteiger partial charge in [-0.05, 0) is 24.3 Å². The SMILES string of the molecule is O=C(NCCN1CCOCC1)c1cn2c3c(cc(NCCN4CCOCC4)cc3c1=O)Oc1ccc(Cl)cc1-2. The monoisotopic (exact) mass is 553 g/mol. The molecule has 0 aliphatic carbocycles. The Bertz CT molecular complexity index is 1430. The van der Waals surface area contributed by atoms with Gasteiger partial charge < -0.3 is 29.4 Å². The van der Waals surface area contributed by atoms with Gasteiger partial charge in [0.2, 0.25) is 5.43 Å². The number of nitrogens with one attached hydrogen (secondary N) is 2. The first-order valence-corrected chi connectivity index (χ1v) is 13.8. The van der Waals surface area contributed by atoms with Crippen LogP contribution in [0.15, 0.2) is 41.3 Å². The molecule has 0 unspecified atom stereocenters. The number of morpholine rings is 2. The minimum Gasteiger partial charge on any atom is -0.453 e. The van der Waals surface area contributed by atoms with Crippen molar-refractivity contribution in [3.05, 3.63) is 57.3 Å². The number of aromatic nitrogens is 1. The number of halogens is 1. The lowest BCUT2D eigenvalue weighted by Gasteiger charge is -2.27. The van der Waals surface area contributed by atoms with Crippen LogP contribution in [-0.2, 0) is 9.47 Å². The van der Waals surface area contributed by atoms with Crippen LogP contribution in [0.2, 0.25) is 5.02 Å².